The third kappa shape index (κ3) is 3.44. The van der Waals surface area contributed by atoms with E-state index < -0.39 is 0 Å². The number of rotatable bonds is 2. The Morgan fingerprint density at radius 2 is 0.952 bits per heavy atom. The Hall–Kier alpha value is -2.72. The Balaban J connectivity index is 2.00. The molecular formula is C20H15B. The van der Waals surface area contributed by atoms with Crippen LogP contribution in [0.1, 0.15) is 5.56 Å². The third-order valence-corrected chi connectivity index (χ3v) is 3.40. The normalized spacial score (nSPS) is 9.52. The molecule has 98 valence electrons. The van der Waals surface area contributed by atoms with Gasteiger partial charge in [0.05, 0.1) is 0 Å². The Labute approximate surface area is 126 Å². The molecular weight excluding hydrogens is 251 g/mol. The molecule has 1 heteroatoms. The van der Waals surface area contributed by atoms with Crippen molar-refractivity contribution in [2.24, 2.45) is 0 Å². The fourth-order valence-corrected chi connectivity index (χ4v) is 2.33. The van der Waals surface area contributed by atoms with Crippen molar-refractivity contribution in [3.05, 3.63) is 96.6 Å². The van der Waals surface area contributed by atoms with Crippen LogP contribution in [0.15, 0.2) is 91.0 Å². The lowest BCUT2D eigenvalue weighted by Gasteiger charge is -2.07. The summed E-state index contributed by atoms with van der Waals surface area (Å²) in [5.41, 5.74) is 3.51. The number of hydrogen-bond donors (Lipinski definition) is 0. The first-order chi connectivity index (χ1) is 10.4. The van der Waals surface area contributed by atoms with E-state index in [2.05, 4.69) is 60.3 Å². The Morgan fingerprint density at radius 1 is 0.524 bits per heavy atom. The molecule has 0 fully saturated rings. The standard InChI is InChI=1S/C20H15B/c1-4-10-18(11-5-1)16-17-21(19-12-6-2-7-13-19)20-14-8-3-9-15-20/h1-15H. The minimum atomic E-state index is 0.104. The average molecular weight is 266 g/mol. The second-order valence-electron chi connectivity index (χ2n) is 4.89. The predicted molar refractivity (Wildman–Crippen MR) is 91.2 cm³/mol. The minimum absolute atomic E-state index is 0.104. The third-order valence-electron chi connectivity index (χ3n) is 3.40. The molecule has 0 saturated heterocycles. The molecule has 0 saturated carbocycles. The van der Waals surface area contributed by atoms with Crippen molar-refractivity contribution in [1.29, 1.82) is 0 Å². The van der Waals surface area contributed by atoms with Crippen molar-refractivity contribution in [3.63, 3.8) is 0 Å². The fraction of sp³-hybridized carbons (Fsp3) is 0. The summed E-state index contributed by atoms with van der Waals surface area (Å²) in [6.07, 6.45) is 0. The maximum Gasteiger partial charge on any atom is 0.296 e. The molecule has 3 rings (SSSR count). The van der Waals surface area contributed by atoms with Gasteiger partial charge in [-0.25, -0.2) is 0 Å². The van der Waals surface area contributed by atoms with E-state index in [1.165, 1.54) is 10.9 Å². The zero-order valence-electron chi connectivity index (χ0n) is 11.7. The van der Waals surface area contributed by atoms with Gasteiger partial charge in [-0.1, -0.05) is 95.7 Å². The van der Waals surface area contributed by atoms with Gasteiger partial charge in [-0.2, -0.15) is 0 Å². The van der Waals surface area contributed by atoms with E-state index >= 15 is 0 Å². The zero-order valence-corrected chi connectivity index (χ0v) is 11.7. The topological polar surface area (TPSA) is 0 Å². The van der Waals surface area contributed by atoms with Gasteiger partial charge in [0.2, 0.25) is 0 Å². The predicted octanol–water partition coefficient (Wildman–Crippen LogP) is 2.89. The fourth-order valence-electron chi connectivity index (χ4n) is 2.33. The molecule has 3 aromatic rings. The van der Waals surface area contributed by atoms with E-state index in [0.717, 1.165) is 5.56 Å². The van der Waals surface area contributed by atoms with E-state index in [1.807, 2.05) is 42.5 Å². The highest BCUT2D eigenvalue weighted by Crippen LogP contribution is 1.97. The molecule has 21 heavy (non-hydrogen) atoms. The van der Waals surface area contributed by atoms with Crippen LogP contribution in [0.4, 0.5) is 0 Å². The molecule has 0 heterocycles. The SMILES string of the molecule is C(#Cc1ccccc1)B(c1ccccc1)c1ccccc1. The molecule has 0 N–H and O–H groups in total. The highest BCUT2D eigenvalue weighted by atomic mass is 13.9. The summed E-state index contributed by atoms with van der Waals surface area (Å²) in [6.45, 7) is 0.104. The summed E-state index contributed by atoms with van der Waals surface area (Å²) in [6, 6.07) is 31.0. The van der Waals surface area contributed by atoms with Crippen LogP contribution in [-0.4, -0.2) is 6.71 Å². The van der Waals surface area contributed by atoms with Crippen molar-refractivity contribution < 1.29 is 0 Å². The number of benzene rings is 3. The van der Waals surface area contributed by atoms with Crippen LogP contribution < -0.4 is 10.9 Å². The number of hydrogen-bond acceptors (Lipinski definition) is 0. The first-order valence-corrected chi connectivity index (χ1v) is 7.10. The first kappa shape index (κ1) is 13.3. The lowest BCUT2D eigenvalue weighted by atomic mass is 9.41. The molecule has 0 unspecified atom stereocenters. The monoisotopic (exact) mass is 266 g/mol. The maximum absolute atomic E-state index is 3.42. The highest BCUT2D eigenvalue weighted by Gasteiger charge is 2.15. The molecule has 0 aliphatic rings. The molecule has 0 atom stereocenters. The van der Waals surface area contributed by atoms with E-state index in [9.17, 15) is 0 Å². The van der Waals surface area contributed by atoms with Gasteiger partial charge in [-0.3, -0.25) is 0 Å². The zero-order chi connectivity index (χ0) is 14.3. The molecule has 0 radical (unpaired) electrons. The van der Waals surface area contributed by atoms with Crippen LogP contribution in [0, 0.1) is 11.7 Å². The first-order valence-electron chi connectivity index (χ1n) is 7.10. The minimum Gasteiger partial charge on any atom is -0.137 e. The molecule has 0 amide bonds. The second kappa shape index (κ2) is 6.63. The maximum atomic E-state index is 3.42. The molecule has 0 aromatic heterocycles. The summed E-state index contributed by atoms with van der Waals surface area (Å²) >= 11 is 0. The smallest absolute Gasteiger partial charge is 0.137 e. The van der Waals surface area contributed by atoms with Crippen LogP contribution in [0.5, 0.6) is 0 Å². The average Bonchev–Trinajstić information content (AvgIpc) is 2.58. The van der Waals surface area contributed by atoms with Gasteiger partial charge in [0.25, 0.3) is 6.71 Å². The van der Waals surface area contributed by atoms with Crippen molar-refractivity contribution in [1.82, 2.24) is 0 Å². The van der Waals surface area contributed by atoms with Gasteiger partial charge in [0.15, 0.2) is 0 Å². The summed E-state index contributed by atoms with van der Waals surface area (Å²) in [5.74, 6) is 6.71. The van der Waals surface area contributed by atoms with Gasteiger partial charge >= 0.3 is 0 Å². The second-order valence-corrected chi connectivity index (χ2v) is 4.89. The van der Waals surface area contributed by atoms with Gasteiger partial charge < -0.3 is 0 Å². The van der Waals surface area contributed by atoms with E-state index in [1.54, 1.807) is 0 Å². The van der Waals surface area contributed by atoms with Crippen LogP contribution in [-0.2, 0) is 0 Å². The summed E-state index contributed by atoms with van der Waals surface area (Å²) < 4.78 is 0. The Morgan fingerprint density at radius 3 is 1.43 bits per heavy atom. The van der Waals surface area contributed by atoms with E-state index in [4.69, 9.17) is 0 Å². The van der Waals surface area contributed by atoms with Crippen molar-refractivity contribution in [2.45, 2.75) is 0 Å². The van der Waals surface area contributed by atoms with E-state index in [0.29, 0.717) is 0 Å². The summed E-state index contributed by atoms with van der Waals surface area (Å²) in [4.78, 5) is 0. The van der Waals surface area contributed by atoms with Gasteiger partial charge in [-0.05, 0) is 12.1 Å². The lowest BCUT2D eigenvalue weighted by Crippen LogP contribution is -2.41. The van der Waals surface area contributed by atoms with Gasteiger partial charge in [0, 0.05) is 5.56 Å². The van der Waals surface area contributed by atoms with Gasteiger partial charge in [0.1, 0.15) is 0 Å². The molecule has 3 aromatic carbocycles. The quantitative estimate of drug-likeness (QED) is 0.494. The largest absolute Gasteiger partial charge is 0.296 e. The van der Waals surface area contributed by atoms with Crippen molar-refractivity contribution in [2.75, 3.05) is 0 Å². The highest BCUT2D eigenvalue weighted by molar-refractivity contribution is 6.91. The molecule has 0 spiro atoms. The Kier molecular flexibility index (Phi) is 4.19. The molecule has 0 aliphatic heterocycles. The summed E-state index contributed by atoms with van der Waals surface area (Å²) in [7, 11) is 0. The van der Waals surface area contributed by atoms with Crippen LogP contribution in [0.3, 0.4) is 0 Å². The Bertz CT molecular complexity index is 698. The van der Waals surface area contributed by atoms with Crippen molar-refractivity contribution >= 4 is 17.6 Å². The summed E-state index contributed by atoms with van der Waals surface area (Å²) in [5, 5.41) is 0. The lowest BCUT2D eigenvalue weighted by molar-refractivity contribution is 1.65. The van der Waals surface area contributed by atoms with E-state index in [-0.39, 0.29) is 6.71 Å². The molecule has 0 bridgehead atoms. The molecule has 0 nitrogen and oxygen atoms in total. The van der Waals surface area contributed by atoms with Crippen molar-refractivity contribution in [3.8, 4) is 11.7 Å². The van der Waals surface area contributed by atoms with Crippen LogP contribution in [0.2, 0.25) is 0 Å². The van der Waals surface area contributed by atoms with Crippen LogP contribution in [0.25, 0.3) is 0 Å². The molecule has 0 aliphatic carbocycles. The van der Waals surface area contributed by atoms with Gasteiger partial charge in [-0.15, -0.1) is 5.82 Å². The van der Waals surface area contributed by atoms with Crippen LogP contribution >= 0.6 is 0 Å².